The Labute approximate surface area is 132 Å². The highest BCUT2D eigenvalue weighted by Crippen LogP contribution is 2.38. The number of ether oxygens (including phenoxy) is 2. The maximum absolute atomic E-state index is 5.91. The predicted molar refractivity (Wildman–Crippen MR) is 87.1 cm³/mol. The Hall–Kier alpha value is -1.81. The highest BCUT2D eigenvalue weighted by molar-refractivity contribution is 9.09. The molecule has 2 heterocycles. The van der Waals surface area contributed by atoms with Gasteiger partial charge in [0.05, 0.1) is 12.8 Å². The average Bonchev–Trinajstić information content (AvgIpc) is 2.69. The lowest BCUT2D eigenvalue weighted by molar-refractivity contribution is 0.302. The van der Waals surface area contributed by atoms with Gasteiger partial charge in [0.25, 0.3) is 0 Å². The van der Waals surface area contributed by atoms with Crippen LogP contribution < -0.4 is 9.47 Å². The fraction of sp³-hybridized carbons (Fsp3) is 0.235. The number of alkyl halides is 1. The molecule has 0 aliphatic carbocycles. The third-order valence-corrected chi connectivity index (χ3v) is 3.94. The van der Waals surface area contributed by atoms with Crippen molar-refractivity contribution in [3.05, 3.63) is 59.4 Å². The lowest BCUT2D eigenvalue weighted by Gasteiger charge is -2.11. The quantitative estimate of drug-likeness (QED) is 0.781. The predicted octanol–water partition coefficient (Wildman–Crippen LogP) is 4.20. The van der Waals surface area contributed by atoms with Gasteiger partial charge in [0, 0.05) is 22.7 Å². The van der Waals surface area contributed by atoms with Crippen molar-refractivity contribution in [1.82, 2.24) is 4.98 Å². The Bertz CT molecular complexity index is 682. The van der Waals surface area contributed by atoms with Crippen molar-refractivity contribution < 1.29 is 9.47 Å². The van der Waals surface area contributed by atoms with E-state index in [9.17, 15) is 0 Å². The van der Waals surface area contributed by atoms with E-state index in [1.165, 1.54) is 0 Å². The molecule has 0 bridgehead atoms. The fourth-order valence-electron chi connectivity index (χ4n) is 2.48. The van der Waals surface area contributed by atoms with E-state index in [1.54, 1.807) is 13.3 Å². The van der Waals surface area contributed by atoms with Crippen molar-refractivity contribution in [1.29, 1.82) is 0 Å². The molecule has 0 atom stereocenters. The number of nitrogens with zero attached hydrogens (tertiary/aromatic N) is 1. The zero-order chi connectivity index (χ0) is 14.7. The molecule has 0 fully saturated rings. The van der Waals surface area contributed by atoms with Crippen molar-refractivity contribution in [2.24, 2.45) is 0 Å². The van der Waals surface area contributed by atoms with Crippen LogP contribution in [-0.4, -0.2) is 17.4 Å². The number of benzene rings is 1. The Kier molecular flexibility index (Phi) is 4.25. The maximum Gasteiger partial charge on any atom is 0.131 e. The molecule has 21 heavy (non-hydrogen) atoms. The van der Waals surface area contributed by atoms with Crippen molar-refractivity contribution in [2.75, 3.05) is 12.4 Å². The summed E-state index contributed by atoms with van der Waals surface area (Å²) in [4.78, 5) is 4.45. The Morgan fingerprint density at radius 1 is 1.33 bits per heavy atom. The average molecular weight is 346 g/mol. The number of hydrogen-bond donors (Lipinski definition) is 0. The fourth-order valence-corrected chi connectivity index (χ4v) is 2.71. The first-order valence-corrected chi connectivity index (χ1v) is 7.97. The first kappa shape index (κ1) is 14.1. The molecule has 3 nitrogen and oxygen atoms in total. The van der Waals surface area contributed by atoms with Gasteiger partial charge in [0.15, 0.2) is 0 Å². The number of fused-ring (bicyclic) bond motifs is 2. The van der Waals surface area contributed by atoms with Gasteiger partial charge < -0.3 is 9.47 Å². The zero-order valence-electron chi connectivity index (χ0n) is 11.8. The molecular weight excluding hydrogens is 330 g/mol. The van der Waals surface area contributed by atoms with Crippen LogP contribution in [0.5, 0.6) is 11.5 Å². The van der Waals surface area contributed by atoms with E-state index in [-0.39, 0.29) is 0 Å². The van der Waals surface area contributed by atoms with Crippen LogP contribution in [-0.2, 0) is 6.61 Å². The molecule has 3 rings (SSSR count). The minimum absolute atomic E-state index is 0.487. The second-order valence-corrected chi connectivity index (χ2v) is 5.54. The smallest absolute Gasteiger partial charge is 0.131 e. The summed E-state index contributed by atoms with van der Waals surface area (Å²) in [7, 11) is 1.68. The van der Waals surface area contributed by atoms with E-state index >= 15 is 0 Å². The number of rotatable bonds is 3. The minimum atomic E-state index is 0.487. The SMILES string of the molecule is COc1ccc2c(c1)/C(=C\CCBr)c1cccnc1CO2. The van der Waals surface area contributed by atoms with Gasteiger partial charge in [-0.05, 0) is 36.3 Å². The number of aromatic nitrogens is 1. The minimum Gasteiger partial charge on any atom is -0.497 e. The van der Waals surface area contributed by atoms with E-state index in [0.717, 1.165) is 45.6 Å². The van der Waals surface area contributed by atoms with Gasteiger partial charge >= 0.3 is 0 Å². The third-order valence-electron chi connectivity index (χ3n) is 3.48. The molecule has 2 aromatic rings. The van der Waals surface area contributed by atoms with Crippen molar-refractivity contribution in [3.8, 4) is 11.5 Å². The first-order chi connectivity index (χ1) is 10.3. The molecule has 0 spiro atoms. The number of hydrogen-bond acceptors (Lipinski definition) is 3. The first-order valence-electron chi connectivity index (χ1n) is 6.85. The van der Waals surface area contributed by atoms with Crippen molar-refractivity contribution in [3.63, 3.8) is 0 Å². The summed E-state index contributed by atoms with van der Waals surface area (Å²) in [6.07, 6.45) is 4.98. The second-order valence-electron chi connectivity index (χ2n) is 4.74. The van der Waals surface area contributed by atoms with E-state index in [0.29, 0.717) is 6.61 Å². The highest BCUT2D eigenvalue weighted by Gasteiger charge is 2.20. The Morgan fingerprint density at radius 2 is 2.24 bits per heavy atom. The largest absolute Gasteiger partial charge is 0.497 e. The maximum atomic E-state index is 5.91. The number of halogens is 1. The highest BCUT2D eigenvalue weighted by atomic mass is 79.9. The summed E-state index contributed by atoms with van der Waals surface area (Å²) in [5.41, 5.74) is 4.31. The molecule has 108 valence electrons. The van der Waals surface area contributed by atoms with Gasteiger partial charge in [0.1, 0.15) is 18.1 Å². The van der Waals surface area contributed by atoms with Crippen LogP contribution in [0, 0.1) is 0 Å². The summed E-state index contributed by atoms with van der Waals surface area (Å²) >= 11 is 3.49. The van der Waals surface area contributed by atoms with Gasteiger partial charge in [-0.1, -0.05) is 28.1 Å². The van der Waals surface area contributed by atoms with Crippen LogP contribution in [0.2, 0.25) is 0 Å². The summed E-state index contributed by atoms with van der Waals surface area (Å²) in [5, 5.41) is 0.923. The van der Waals surface area contributed by atoms with Crippen molar-refractivity contribution in [2.45, 2.75) is 13.0 Å². The van der Waals surface area contributed by atoms with Crippen LogP contribution in [0.15, 0.2) is 42.6 Å². The molecule has 1 aromatic heterocycles. The second kappa shape index (κ2) is 6.31. The molecule has 4 heteroatoms. The van der Waals surface area contributed by atoms with Gasteiger partial charge in [0.2, 0.25) is 0 Å². The molecule has 1 aliphatic heterocycles. The molecule has 1 aliphatic rings. The van der Waals surface area contributed by atoms with Gasteiger partial charge in [-0.2, -0.15) is 0 Å². The lowest BCUT2D eigenvalue weighted by atomic mass is 9.95. The summed E-state index contributed by atoms with van der Waals surface area (Å²) < 4.78 is 11.3. The molecule has 0 radical (unpaired) electrons. The molecule has 0 unspecified atom stereocenters. The summed E-state index contributed by atoms with van der Waals surface area (Å²) in [5.74, 6) is 1.70. The molecule has 1 aromatic carbocycles. The number of methoxy groups -OCH3 is 1. The molecule has 0 amide bonds. The zero-order valence-corrected chi connectivity index (χ0v) is 13.4. The Balaban J connectivity index is 2.19. The lowest BCUT2D eigenvalue weighted by Crippen LogP contribution is -1.98. The van der Waals surface area contributed by atoms with Crippen LogP contribution in [0.3, 0.4) is 0 Å². The van der Waals surface area contributed by atoms with E-state index < -0.39 is 0 Å². The topological polar surface area (TPSA) is 31.4 Å². The van der Waals surface area contributed by atoms with Gasteiger partial charge in [-0.3, -0.25) is 4.98 Å². The number of allylic oxidation sites excluding steroid dienone is 1. The summed E-state index contributed by atoms with van der Waals surface area (Å²) in [6, 6.07) is 9.97. The van der Waals surface area contributed by atoms with E-state index in [2.05, 4.69) is 33.1 Å². The Morgan fingerprint density at radius 3 is 3.05 bits per heavy atom. The van der Waals surface area contributed by atoms with E-state index in [4.69, 9.17) is 9.47 Å². The van der Waals surface area contributed by atoms with Gasteiger partial charge in [-0.25, -0.2) is 0 Å². The van der Waals surface area contributed by atoms with Crippen LogP contribution in [0.25, 0.3) is 5.57 Å². The van der Waals surface area contributed by atoms with Crippen LogP contribution in [0.4, 0.5) is 0 Å². The third kappa shape index (κ3) is 2.81. The molecule has 0 N–H and O–H groups in total. The monoisotopic (exact) mass is 345 g/mol. The van der Waals surface area contributed by atoms with Crippen molar-refractivity contribution >= 4 is 21.5 Å². The number of pyridine rings is 1. The summed E-state index contributed by atoms with van der Waals surface area (Å²) in [6.45, 7) is 0.487. The van der Waals surface area contributed by atoms with Crippen LogP contribution in [0.1, 0.15) is 23.2 Å². The van der Waals surface area contributed by atoms with Crippen LogP contribution >= 0.6 is 15.9 Å². The normalized spacial score (nSPS) is 14.9. The van der Waals surface area contributed by atoms with Gasteiger partial charge in [-0.15, -0.1) is 0 Å². The molecule has 0 saturated heterocycles. The standard InChI is InChI=1S/C17H16BrNO2/c1-20-12-6-7-17-15(10-12)13(4-2-8-18)14-5-3-9-19-16(14)11-21-17/h3-7,9-10H,2,8,11H2,1H3/b13-4-. The molecular formula is C17H16BrNO2. The molecule has 0 saturated carbocycles. The van der Waals surface area contributed by atoms with E-state index in [1.807, 2.05) is 24.3 Å².